The fourth-order valence-electron chi connectivity index (χ4n) is 6.81. The number of anilines is 2. The molecule has 12 nitrogen and oxygen atoms in total. The van der Waals surface area contributed by atoms with Crippen LogP contribution in [0.1, 0.15) is 90.1 Å². The van der Waals surface area contributed by atoms with E-state index in [-0.39, 0.29) is 42.0 Å². The van der Waals surface area contributed by atoms with Crippen molar-refractivity contribution in [3.05, 3.63) is 53.2 Å². The molecule has 2 aromatic rings. The summed E-state index contributed by atoms with van der Waals surface area (Å²) in [4.78, 5) is 61.8. The molecule has 2 unspecified atom stereocenters. The van der Waals surface area contributed by atoms with Gasteiger partial charge in [-0.15, -0.1) is 0 Å². The first-order valence-electron chi connectivity index (χ1n) is 15.8. The van der Waals surface area contributed by atoms with Gasteiger partial charge in [-0.2, -0.15) is 5.10 Å². The molecule has 4 fully saturated rings. The number of amides is 4. The highest BCUT2D eigenvalue weighted by Gasteiger charge is 2.46. The number of benzene rings is 1. The number of aromatic nitrogens is 1. The lowest BCUT2D eigenvalue weighted by atomic mass is 9.88. The Morgan fingerprint density at radius 2 is 1.75 bits per heavy atom. The third-order valence-corrected chi connectivity index (χ3v) is 9.83. The van der Waals surface area contributed by atoms with Gasteiger partial charge < -0.3 is 5.32 Å². The zero-order chi connectivity index (χ0) is 29.9. The van der Waals surface area contributed by atoms with E-state index in [9.17, 15) is 19.2 Å². The molecular formula is C32H35N7O5. The van der Waals surface area contributed by atoms with Crippen LogP contribution in [0.3, 0.4) is 0 Å². The van der Waals surface area contributed by atoms with Crippen LogP contribution in [-0.4, -0.2) is 75.0 Å². The molecule has 1 aromatic heterocycles. The van der Waals surface area contributed by atoms with Crippen LogP contribution in [0, 0.1) is 5.92 Å². The number of hydrogen-bond donors (Lipinski definition) is 3. The highest BCUT2D eigenvalue weighted by Crippen LogP contribution is 2.42. The van der Waals surface area contributed by atoms with Crippen LogP contribution < -0.4 is 16.1 Å². The Labute approximate surface area is 254 Å². The van der Waals surface area contributed by atoms with Gasteiger partial charge >= 0.3 is 0 Å². The standard InChI is InChI=1S/C32H35N7O5/c40-28-12-11-26(30(41)35-28)39-31(42)22-10-9-19(13-23(22)32(39)43)37-44-21-14-20(15-21)38-16-24(29(36-38)17-7-8-17)25-5-2-6-27(34-25)33-18-3-1-4-18/h2,5-6,9-10,13,17-18,20-21,24,26,37H,1,3-4,7-8,11-12,14-16H2,(H,33,34)(H,35,40,41). The maximum Gasteiger partial charge on any atom is 0.262 e. The second-order valence-corrected chi connectivity index (χ2v) is 12.9. The van der Waals surface area contributed by atoms with Gasteiger partial charge in [0.05, 0.1) is 52.8 Å². The third-order valence-electron chi connectivity index (χ3n) is 9.83. The summed E-state index contributed by atoms with van der Waals surface area (Å²) >= 11 is 0. The molecular weight excluding hydrogens is 562 g/mol. The summed E-state index contributed by atoms with van der Waals surface area (Å²) in [5.41, 5.74) is 6.32. The second kappa shape index (κ2) is 10.7. The van der Waals surface area contributed by atoms with Gasteiger partial charge in [-0.1, -0.05) is 6.07 Å². The fraction of sp³-hybridized carbons (Fsp3) is 0.500. The minimum absolute atomic E-state index is 0.0164. The first-order chi connectivity index (χ1) is 21.4. The molecule has 3 N–H and O–H groups in total. The molecule has 0 bridgehead atoms. The Bertz CT molecular complexity index is 1580. The van der Waals surface area contributed by atoms with E-state index in [0.29, 0.717) is 17.6 Å². The Hall–Kier alpha value is -4.32. The lowest BCUT2D eigenvalue weighted by molar-refractivity contribution is -0.136. The predicted molar refractivity (Wildman–Crippen MR) is 160 cm³/mol. The summed E-state index contributed by atoms with van der Waals surface area (Å²) in [6, 6.07) is 11.0. The van der Waals surface area contributed by atoms with Gasteiger partial charge in [0.2, 0.25) is 11.8 Å². The van der Waals surface area contributed by atoms with Crippen molar-refractivity contribution in [1.29, 1.82) is 0 Å². The molecule has 4 heterocycles. The Kier molecular flexibility index (Phi) is 6.62. The molecule has 12 heteroatoms. The van der Waals surface area contributed by atoms with Crippen LogP contribution in [0.2, 0.25) is 0 Å². The number of hydrazone groups is 1. The highest BCUT2D eigenvalue weighted by molar-refractivity contribution is 6.23. The molecule has 2 atom stereocenters. The fourth-order valence-corrected chi connectivity index (χ4v) is 6.81. The zero-order valence-electron chi connectivity index (χ0n) is 24.3. The van der Waals surface area contributed by atoms with E-state index < -0.39 is 29.7 Å². The van der Waals surface area contributed by atoms with Crippen molar-refractivity contribution >= 4 is 40.8 Å². The number of carbonyl (C=O) groups is 4. The molecule has 3 aliphatic carbocycles. The van der Waals surface area contributed by atoms with E-state index in [1.54, 1.807) is 18.2 Å². The van der Waals surface area contributed by atoms with Gasteiger partial charge in [-0.3, -0.25) is 44.7 Å². The van der Waals surface area contributed by atoms with Crippen LogP contribution in [0.25, 0.3) is 0 Å². The van der Waals surface area contributed by atoms with Crippen molar-refractivity contribution in [2.75, 3.05) is 17.3 Å². The van der Waals surface area contributed by atoms with Gasteiger partial charge in [0.25, 0.3) is 11.8 Å². The molecule has 6 aliphatic rings. The molecule has 4 amide bonds. The van der Waals surface area contributed by atoms with Crippen LogP contribution in [0.15, 0.2) is 41.5 Å². The minimum Gasteiger partial charge on any atom is -0.367 e. The number of pyridine rings is 1. The SMILES string of the molecule is O=C1CCC(N2C(=O)c3ccc(NOC4CC(N5CC(c6cccc(NC7CCC7)n6)C(C6CC6)=N5)C4)cc3C2=O)C(=O)N1. The van der Waals surface area contributed by atoms with Crippen LogP contribution in [0.5, 0.6) is 0 Å². The predicted octanol–water partition coefficient (Wildman–Crippen LogP) is 3.19. The number of nitrogens with one attached hydrogen (secondary N) is 3. The van der Waals surface area contributed by atoms with Crippen molar-refractivity contribution in [2.45, 2.75) is 87.9 Å². The topological polar surface area (TPSA) is 145 Å². The van der Waals surface area contributed by atoms with Crippen molar-refractivity contribution in [1.82, 2.24) is 20.2 Å². The molecule has 1 aromatic carbocycles. The molecule has 0 radical (unpaired) electrons. The summed E-state index contributed by atoms with van der Waals surface area (Å²) in [7, 11) is 0. The van der Waals surface area contributed by atoms with Crippen LogP contribution >= 0.6 is 0 Å². The van der Waals surface area contributed by atoms with Crippen molar-refractivity contribution in [3.63, 3.8) is 0 Å². The molecule has 3 aliphatic heterocycles. The molecule has 228 valence electrons. The second-order valence-electron chi connectivity index (χ2n) is 12.9. The van der Waals surface area contributed by atoms with Gasteiger partial charge in [0.15, 0.2) is 0 Å². The van der Waals surface area contributed by atoms with E-state index in [1.165, 1.54) is 37.8 Å². The number of nitrogens with zero attached hydrogens (tertiary/aromatic N) is 4. The Balaban J connectivity index is 0.870. The number of rotatable bonds is 9. The highest BCUT2D eigenvalue weighted by atomic mass is 16.7. The van der Waals surface area contributed by atoms with Gasteiger partial charge in [0.1, 0.15) is 11.9 Å². The number of imide groups is 2. The van der Waals surface area contributed by atoms with E-state index in [4.69, 9.17) is 14.9 Å². The quantitative estimate of drug-likeness (QED) is 0.293. The summed E-state index contributed by atoms with van der Waals surface area (Å²) < 4.78 is 0. The first kappa shape index (κ1) is 27.2. The number of fused-ring (bicyclic) bond motifs is 1. The van der Waals surface area contributed by atoms with Crippen molar-refractivity contribution < 1.29 is 24.0 Å². The number of piperidine rings is 1. The van der Waals surface area contributed by atoms with E-state index in [1.807, 2.05) is 0 Å². The average molecular weight is 598 g/mol. The monoisotopic (exact) mass is 597 g/mol. The molecule has 8 rings (SSSR count). The molecule has 44 heavy (non-hydrogen) atoms. The maximum absolute atomic E-state index is 13.1. The lowest BCUT2D eigenvalue weighted by Crippen LogP contribution is -2.54. The Morgan fingerprint density at radius 3 is 2.50 bits per heavy atom. The first-order valence-corrected chi connectivity index (χ1v) is 15.8. The summed E-state index contributed by atoms with van der Waals surface area (Å²) in [6.45, 7) is 0.834. The number of carbonyl (C=O) groups excluding carboxylic acids is 4. The van der Waals surface area contributed by atoms with Gasteiger partial charge in [-0.25, -0.2) is 4.98 Å². The van der Waals surface area contributed by atoms with E-state index >= 15 is 0 Å². The number of hydrogen-bond acceptors (Lipinski definition) is 10. The van der Waals surface area contributed by atoms with Crippen LogP contribution in [0.4, 0.5) is 11.5 Å². The molecule has 3 saturated carbocycles. The summed E-state index contributed by atoms with van der Waals surface area (Å²) in [5, 5.41) is 13.1. The van der Waals surface area contributed by atoms with Crippen molar-refractivity contribution in [2.24, 2.45) is 11.0 Å². The molecule has 1 saturated heterocycles. The van der Waals surface area contributed by atoms with Crippen molar-refractivity contribution in [3.8, 4) is 0 Å². The van der Waals surface area contributed by atoms with Gasteiger partial charge in [-0.05, 0) is 87.6 Å². The average Bonchev–Trinajstić information content (AvgIpc) is 3.68. The third kappa shape index (κ3) is 4.90. The largest absolute Gasteiger partial charge is 0.367 e. The van der Waals surface area contributed by atoms with E-state index in [2.05, 4.69) is 39.3 Å². The summed E-state index contributed by atoms with van der Waals surface area (Å²) in [6.07, 6.45) is 7.94. The van der Waals surface area contributed by atoms with Crippen LogP contribution in [-0.2, 0) is 14.4 Å². The normalized spacial score (nSPS) is 28.3. The zero-order valence-corrected chi connectivity index (χ0v) is 24.3. The van der Waals surface area contributed by atoms with Gasteiger partial charge in [0, 0.05) is 12.5 Å². The summed E-state index contributed by atoms with van der Waals surface area (Å²) in [5.74, 6) is -0.354. The lowest BCUT2D eigenvalue weighted by Gasteiger charge is -2.39. The molecule has 0 spiro atoms. The minimum atomic E-state index is -0.989. The maximum atomic E-state index is 13.1. The van der Waals surface area contributed by atoms with E-state index in [0.717, 1.165) is 35.8 Å². The smallest absolute Gasteiger partial charge is 0.262 e. The Morgan fingerprint density at radius 1 is 0.932 bits per heavy atom.